The molecule has 2 N–H and O–H groups in total. The van der Waals surface area contributed by atoms with Crippen LogP contribution in [0.1, 0.15) is 30.1 Å². The quantitative estimate of drug-likeness (QED) is 0.833. The third-order valence-corrected chi connectivity index (χ3v) is 3.60. The lowest BCUT2D eigenvalue weighted by molar-refractivity contribution is 0.0930. The number of hydrogen-bond donors (Lipinski definition) is 2. The van der Waals surface area contributed by atoms with Crippen molar-refractivity contribution in [3.8, 4) is 0 Å². The van der Waals surface area contributed by atoms with Gasteiger partial charge in [-0.05, 0) is 18.2 Å². The molecule has 0 aliphatic carbocycles. The van der Waals surface area contributed by atoms with Crippen LogP contribution >= 0.6 is 11.6 Å². The van der Waals surface area contributed by atoms with E-state index in [1.807, 2.05) is 31.2 Å². The summed E-state index contributed by atoms with van der Waals surface area (Å²) in [7, 11) is 0. The highest BCUT2D eigenvalue weighted by Gasteiger charge is 2.15. The van der Waals surface area contributed by atoms with Crippen LogP contribution in [-0.4, -0.2) is 28.6 Å². The second kappa shape index (κ2) is 6.68. The molecule has 0 saturated heterocycles. The third-order valence-electron chi connectivity index (χ3n) is 3.30. The smallest absolute Gasteiger partial charge is 0.253 e. The predicted octanol–water partition coefficient (Wildman–Crippen LogP) is 2.78. The lowest BCUT2D eigenvalue weighted by Crippen LogP contribution is -2.35. The van der Waals surface area contributed by atoms with Gasteiger partial charge in [-0.15, -0.1) is 0 Å². The van der Waals surface area contributed by atoms with Gasteiger partial charge in [0.2, 0.25) is 0 Å². The van der Waals surface area contributed by atoms with E-state index in [-0.39, 0.29) is 18.6 Å². The van der Waals surface area contributed by atoms with E-state index in [0.29, 0.717) is 17.1 Å². The first-order chi connectivity index (χ1) is 9.67. The van der Waals surface area contributed by atoms with E-state index in [4.69, 9.17) is 16.7 Å². The molecule has 0 bridgehead atoms. The zero-order valence-electron chi connectivity index (χ0n) is 11.3. The summed E-state index contributed by atoms with van der Waals surface area (Å²) < 4.78 is 0. The summed E-state index contributed by atoms with van der Waals surface area (Å²) in [6.07, 6.45) is 2.80. The SMILES string of the molecule is CCC(CCO)NC(=O)c1cnc(Cl)c2ccccc12. The predicted molar refractivity (Wildman–Crippen MR) is 80.0 cm³/mol. The van der Waals surface area contributed by atoms with Crippen molar-refractivity contribution in [2.24, 2.45) is 0 Å². The monoisotopic (exact) mass is 292 g/mol. The minimum Gasteiger partial charge on any atom is -0.396 e. The number of benzene rings is 1. The molecule has 0 saturated carbocycles. The number of aromatic nitrogens is 1. The lowest BCUT2D eigenvalue weighted by Gasteiger charge is -2.16. The zero-order chi connectivity index (χ0) is 14.5. The van der Waals surface area contributed by atoms with Crippen molar-refractivity contribution in [2.45, 2.75) is 25.8 Å². The number of nitrogens with one attached hydrogen (secondary N) is 1. The summed E-state index contributed by atoms with van der Waals surface area (Å²) in [5, 5.41) is 13.8. The minimum atomic E-state index is -0.189. The van der Waals surface area contributed by atoms with Crippen LogP contribution in [0.4, 0.5) is 0 Å². The lowest BCUT2D eigenvalue weighted by atomic mass is 10.1. The van der Waals surface area contributed by atoms with Crippen LogP contribution in [0.5, 0.6) is 0 Å². The van der Waals surface area contributed by atoms with E-state index < -0.39 is 0 Å². The summed E-state index contributed by atoms with van der Waals surface area (Å²) in [5.74, 6) is -0.189. The number of amides is 1. The highest BCUT2D eigenvalue weighted by atomic mass is 35.5. The second-order valence-electron chi connectivity index (χ2n) is 4.60. The van der Waals surface area contributed by atoms with E-state index >= 15 is 0 Å². The molecule has 20 heavy (non-hydrogen) atoms. The van der Waals surface area contributed by atoms with Gasteiger partial charge in [-0.2, -0.15) is 0 Å². The number of halogens is 1. The first kappa shape index (κ1) is 14.8. The Morgan fingerprint density at radius 3 is 2.75 bits per heavy atom. The Kier molecular flexibility index (Phi) is 4.93. The highest BCUT2D eigenvalue weighted by molar-refractivity contribution is 6.34. The van der Waals surface area contributed by atoms with Crippen LogP contribution in [0.2, 0.25) is 5.15 Å². The largest absolute Gasteiger partial charge is 0.396 e. The Morgan fingerprint density at radius 2 is 2.10 bits per heavy atom. The van der Waals surface area contributed by atoms with Gasteiger partial charge in [0.05, 0.1) is 5.56 Å². The van der Waals surface area contributed by atoms with Gasteiger partial charge in [-0.25, -0.2) is 4.98 Å². The van der Waals surface area contributed by atoms with Gasteiger partial charge in [0.25, 0.3) is 5.91 Å². The number of rotatable bonds is 5. The van der Waals surface area contributed by atoms with Gasteiger partial charge in [0.1, 0.15) is 5.15 Å². The molecule has 5 heteroatoms. The maximum atomic E-state index is 12.3. The van der Waals surface area contributed by atoms with E-state index in [0.717, 1.165) is 17.2 Å². The topological polar surface area (TPSA) is 62.2 Å². The summed E-state index contributed by atoms with van der Waals surface area (Å²) >= 11 is 6.04. The molecule has 0 radical (unpaired) electrons. The second-order valence-corrected chi connectivity index (χ2v) is 4.96. The van der Waals surface area contributed by atoms with Crippen molar-refractivity contribution in [3.05, 3.63) is 41.2 Å². The molecular formula is C15H17ClN2O2. The van der Waals surface area contributed by atoms with Crippen molar-refractivity contribution in [2.75, 3.05) is 6.61 Å². The molecule has 0 aliphatic heterocycles. The number of pyridine rings is 1. The number of aliphatic hydroxyl groups excluding tert-OH is 1. The van der Waals surface area contributed by atoms with E-state index in [1.165, 1.54) is 6.20 Å². The van der Waals surface area contributed by atoms with Gasteiger partial charge in [0.15, 0.2) is 0 Å². The van der Waals surface area contributed by atoms with Crippen molar-refractivity contribution in [1.82, 2.24) is 10.3 Å². The minimum absolute atomic E-state index is 0.0399. The van der Waals surface area contributed by atoms with Crippen LogP contribution in [0.15, 0.2) is 30.5 Å². The molecule has 1 aromatic carbocycles. The molecule has 1 amide bonds. The van der Waals surface area contributed by atoms with Crippen molar-refractivity contribution in [1.29, 1.82) is 0 Å². The summed E-state index contributed by atoms with van der Waals surface area (Å²) in [5.41, 5.74) is 0.501. The van der Waals surface area contributed by atoms with Crippen molar-refractivity contribution < 1.29 is 9.90 Å². The number of fused-ring (bicyclic) bond motifs is 1. The number of carbonyl (C=O) groups is 1. The zero-order valence-corrected chi connectivity index (χ0v) is 12.0. The molecule has 0 spiro atoms. The Labute approximate surface area is 122 Å². The summed E-state index contributed by atoms with van der Waals surface area (Å²) in [6.45, 7) is 2.03. The number of nitrogens with zero attached hydrogens (tertiary/aromatic N) is 1. The molecule has 1 atom stereocenters. The van der Waals surface area contributed by atoms with E-state index in [1.54, 1.807) is 0 Å². The molecule has 4 nitrogen and oxygen atoms in total. The molecule has 0 aliphatic rings. The molecule has 1 aromatic heterocycles. The Balaban J connectivity index is 2.33. The Hall–Kier alpha value is -1.65. The van der Waals surface area contributed by atoms with E-state index in [9.17, 15) is 4.79 Å². The molecule has 0 fully saturated rings. The summed E-state index contributed by atoms with van der Waals surface area (Å²) in [4.78, 5) is 16.4. The van der Waals surface area contributed by atoms with Crippen LogP contribution in [0.25, 0.3) is 10.8 Å². The maximum absolute atomic E-state index is 12.3. The van der Waals surface area contributed by atoms with E-state index in [2.05, 4.69) is 10.3 Å². The first-order valence-corrected chi connectivity index (χ1v) is 7.00. The van der Waals surface area contributed by atoms with Crippen molar-refractivity contribution in [3.63, 3.8) is 0 Å². The van der Waals surface area contributed by atoms with Gasteiger partial charge in [-0.1, -0.05) is 42.8 Å². The molecule has 1 unspecified atom stereocenters. The van der Waals surface area contributed by atoms with Crippen molar-refractivity contribution >= 4 is 28.3 Å². The Morgan fingerprint density at radius 1 is 1.40 bits per heavy atom. The first-order valence-electron chi connectivity index (χ1n) is 6.62. The van der Waals surface area contributed by atoms with Crippen LogP contribution < -0.4 is 5.32 Å². The molecule has 1 heterocycles. The highest BCUT2D eigenvalue weighted by Crippen LogP contribution is 2.24. The number of carbonyl (C=O) groups excluding carboxylic acids is 1. The Bertz CT molecular complexity index is 616. The van der Waals surface area contributed by atoms with Crippen LogP contribution in [-0.2, 0) is 0 Å². The molecular weight excluding hydrogens is 276 g/mol. The van der Waals surface area contributed by atoms with Gasteiger partial charge >= 0.3 is 0 Å². The third kappa shape index (κ3) is 3.08. The van der Waals surface area contributed by atoms with Gasteiger partial charge in [0, 0.05) is 24.2 Å². The van der Waals surface area contributed by atoms with Crippen LogP contribution in [0, 0.1) is 0 Å². The average Bonchev–Trinajstić information content (AvgIpc) is 2.47. The molecule has 2 rings (SSSR count). The fourth-order valence-corrected chi connectivity index (χ4v) is 2.35. The van der Waals surface area contributed by atoms with Gasteiger partial charge in [-0.3, -0.25) is 4.79 Å². The standard InChI is InChI=1S/C15H17ClN2O2/c1-2-10(7-8-19)18-15(20)13-9-17-14(16)12-6-4-3-5-11(12)13/h3-6,9-10,19H,2,7-8H2,1H3,(H,18,20). The summed E-state index contributed by atoms with van der Waals surface area (Å²) in [6, 6.07) is 7.37. The number of aliphatic hydroxyl groups is 1. The number of hydrogen-bond acceptors (Lipinski definition) is 3. The average molecular weight is 293 g/mol. The molecule has 106 valence electrons. The fraction of sp³-hybridized carbons (Fsp3) is 0.333. The fourth-order valence-electron chi connectivity index (χ4n) is 2.14. The maximum Gasteiger partial charge on any atom is 0.253 e. The molecule has 2 aromatic rings. The van der Waals surface area contributed by atoms with Crippen LogP contribution in [0.3, 0.4) is 0 Å². The van der Waals surface area contributed by atoms with Gasteiger partial charge < -0.3 is 10.4 Å². The normalized spacial score (nSPS) is 12.3.